The van der Waals surface area contributed by atoms with Crippen LogP contribution in [0, 0.1) is 15.3 Å². The summed E-state index contributed by atoms with van der Waals surface area (Å²) in [7, 11) is 3.04. The Labute approximate surface area is 177 Å². The quantitative estimate of drug-likeness (QED) is 0.268. The summed E-state index contributed by atoms with van der Waals surface area (Å²) in [5.74, 6) is 0.0652. The van der Waals surface area contributed by atoms with Crippen LogP contribution in [0.5, 0.6) is 5.75 Å². The Kier molecular flexibility index (Phi) is 5.11. The number of imidazole rings is 1. The van der Waals surface area contributed by atoms with E-state index in [-0.39, 0.29) is 18.8 Å². The minimum Gasteiger partial charge on any atom is -0.625 e. The molecule has 0 saturated carbocycles. The van der Waals surface area contributed by atoms with Crippen molar-refractivity contribution < 1.29 is 19.1 Å². The van der Waals surface area contributed by atoms with Crippen molar-refractivity contribution in [3.8, 4) is 5.75 Å². The number of nitrogens with zero attached hydrogens (tertiary/aromatic N) is 4. The molecule has 0 N–H and O–H groups in total. The predicted molar refractivity (Wildman–Crippen MR) is 112 cm³/mol. The van der Waals surface area contributed by atoms with E-state index < -0.39 is 27.2 Å². The fourth-order valence-corrected chi connectivity index (χ4v) is 4.23. The number of aryl methyl sites for hydroxylation is 1. The summed E-state index contributed by atoms with van der Waals surface area (Å²) in [4.78, 5) is 36.8. The molecule has 0 aliphatic carbocycles. The minimum absolute atomic E-state index is 0.0374. The number of nitro benzene ring substituents is 1. The number of hydrogen-bond acceptors (Lipinski definition) is 6. The van der Waals surface area contributed by atoms with Gasteiger partial charge in [-0.2, -0.15) is 0 Å². The number of non-ortho nitro benzene ring substituents is 1. The lowest BCUT2D eigenvalue weighted by atomic mass is 10.0. The first-order chi connectivity index (χ1) is 14.7. The van der Waals surface area contributed by atoms with E-state index in [1.165, 1.54) is 34.4 Å². The lowest BCUT2D eigenvalue weighted by Gasteiger charge is -2.45. The van der Waals surface area contributed by atoms with Gasteiger partial charge in [0, 0.05) is 24.7 Å². The second-order valence-corrected chi connectivity index (χ2v) is 7.76. The molecule has 31 heavy (non-hydrogen) atoms. The Bertz CT molecular complexity index is 1230. The lowest BCUT2D eigenvalue weighted by Crippen LogP contribution is -2.55. The minimum atomic E-state index is -1.06. The van der Waals surface area contributed by atoms with Crippen LogP contribution in [0.3, 0.4) is 0 Å². The zero-order valence-electron chi connectivity index (χ0n) is 17.2. The number of fused-ring (bicyclic) bond motifs is 1. The summed E-state index contributed by atoms with van der Waals surface area (Å²) < 4.78 is 6.64. The Morgan fingerprint density at radius 1 is 1.16 bits per heavy atom. The normalized spacial score (nSPS) is 21.4. The number of quaternary nitrogens is 1. The highest BCUT2D eigenvalue weighted by Gasteiger charge is 2.41. The Hall–Kier alpha value is -3.50. The van der Waals surface area contributed by atoms with Crippen molar-refractivity contribution in [2.75, 3.05) is 13.7 Å². The molecule has 0 bridgehead atoms. The molecule has 4 rings (SSSR count). The van der Waals surface area contributed by atoms with Crippen LogP contribution in [-0.2, 0) is 18.4 Å². The zero-order chi connectivity index (χ0) is 22.3. The van der Waals surface area contributed by atoms with Gasteiger partial charge in [0.15, 0.2) is 6.04 Å². The molecule has 1 fully saturated rings. The second kappa shape index (κ2) is 7.64. The summed E-state index contributed by atoms with van der Waals surface area (Å²) in [5, 5.41) is 24.6. The van der Waals surface area contributed by atoms with Crippen LogP contribution in [0.4, 0.5) is 5.69 Å². The number of benzene rings is 2. The van der Waals surface area contributed by atoms with Crippen molar-refractivity contribution in [3.63, 3.8) is 0 Å². The van der Waals surface area contributed by atoms with E-state index in [4.69, 9.17) is 4.74 Å². The number of amides is 1. The molecule has 1 saturated heterocycles. The van der Waals surface area contributed by atoms with E-state index >= 15 is 0 Å². The first kappa shape index (κ1) is 20.8. The molecule has 2 unspecified atom stereocenters. The average Bonchev–Trinajstić information content (AvgIpc) is 3.00. The van der Waals surface area contributed by atoms with E-state index in [0.717, 1.165) is 0 Å². The number of nitro groups is 1. The highest BCUT2D eigenvalue weighted by molar-refractivity contribution is 5.82. The van der Waals surface area contributed by atoms with Gasteiger partial charge in [-0.25, -0.2) is 9.59 Å². The molecule has 1 aliphatic heterocycles. The number of rotatable bonds is 5. The van der Waals surface area contributed by atoms with Crippen LogP contribution in [0.15, 0.2) is 47.3 Å². The van der Waals surface area contributed by atoms with Crippen LogP contribution in [-0.4, -0.2) is 38.3 Å². The van der Waals surface area contributed by atoms with Gasteiger partial charge in [-0.3, -0.25) is 23.9 Å². The summed E-state index contributed by atoms with van der Waals surface area (Å²) >= 11 is 0. The maximum Gasteiger partial charge on any atom is 0.337 e. The molecule has 1 amide bonds. The second-order valence-electron chi connectivity index (χ2n) is 7.76. The maximum absolute atomic E-state index is 13.5. The number of carbonyl (C=O) groups excluding carboxylic acids is 1. The predicted octanol–water partition coefficient (Wildman–Crippen LogP) is 2.63. The fourth-order valence-electron chi connectivity index (χ4n) is 4.23. The smallest absolute Gasteiger partial charge is 0.337 e. The van der Waals surface area contributed by atoms with Gasteiger partial charge in [0.1, 0.15) is 12.3 Å². The molecule has 0 spiro atoms. The Morgan fingerprint density at radius 2 is 1.87 bits per heavy atom. The topological polar surface area (TPSA) is 119 Å². The summed E-state index contributed by atoms with van der Waals surface area (Å²) in [6, 6.07) is 10.1. The molecule has 2 heterocycles. The van der Waals surface area contributed by atoms with Crippen LogP contribution in [0.2, 0.25) is 0 Å². The van der Waals surface area contributed by atoms with E-state index in [9.17, 15) is 24.9 Å². The van der Waals surface area contributed by atoms with E-state index in [1.807, 2.05) is 0 Å². The van der Waals surface area contributed by atoms with Gasteiger partial charge in [0.25, 0.3) is 5.69 Å². The number of piperidine rings is 1. The summed E-state index contributed by atoms with van der Waals surface area (Å²) in [6.45, 7) is 0.0939. The van der Waals surface area contributed by atoms with Crippen LogP contribution in [0.1, 0.15) is 24.4 Å². The number of hydrogen-bond donors (Lipinski definition) is 0. The highest BCUT2D eigenvalue weighted by atomic mass is 16.6. The SMILES string of the molecule is COc1ccc(C[N+]2([O-])CCCC(n3c(=O)n(C)c4cc([N+](=O)[O-])ccc43)C2=O)cc1. The first-order valence-corrected chi connectivity index (χ1v) is 9.86. The monoisotopic (exact) mass is 426 g/mol. The van der Waals surface area contributed by atoms with Crippen molar-refractivity contribution in [2.45, 2.75) is 25.4 Å². The van der Waals surface area contributed by atoms with Gasteiger partial charge >= 0.3 is 11.6 Å². The molecule has 162 valence electrons. The number of hydroxylamine groups is 3. The molecular weight excluding hydrogens is 404 g/mol. The third-order valence-corrected chi connectivity index (χ3v) is 5.88. The fraction of sp³-hybridized carbons (Fsp3) is 0.333. The molecule has 3 aromatic rings. The van der Waals surface area contributed by atoms with Crippen LogP contribution < -0.4 is 10.4 Å². The third-order valence-electron chi connectivity index (χ3n) is 5.88. The largest absolute Gasteiger partial charge is 0.625 e. The number of aromatic nitrogens is 2. The van der Waals surface area contributed by atoms with Crippen molar-refractivity contribution in [2.24, 2.45) is 7.05 Å². The zero-order valence-corrected chi connectivity index (χ0v) is 17.2. The third kappa shape index (κ3) is 3.49. The van der Waals surface area contributed by atoms with E-state index in [2.05, 4.69) is 0 Å². The molecule has 2 atom stereocenters. The van der Waals surface area contributed by atoms with Crippen LogP contribution >= 0.6 is 0 Å². The average molecular weight is 426 g/mol. The number of ether oxygens (including phenoxy) is 1. The highest BCUT2D eigenvalue weighted by Crippen LogP contribution is 2.32. The van der Waals surface area contributed by atoms with Crippen molar-refractivity contribution in [1.82, 2.24) is 9.13 Å². The molecule has 1 aromatic heterocycles. The van der Waals surface area contributed by atoms with Crippen molar-refractivity contribution in [1.29, 1.82) is 0 Å². The lowest BCUT2D eigenvalue weighted by molar-refractivity contribution is -0.823. The van der Waals surface area contributed by atoms with Gasteiger partial charge in [-0.05, 0) is 43.2 Å². The van der Waals surface area contributed by atoms with Gasteiger partial charge in [-0.1, -0.05) is 0 Å². The molecule has 10 heteroatoms. The first-order valence-electron chi connectivity index (χ1n) is 9.86. The summed E-state index contributed by atoms with van der Waals surface area (Å²) in [6.07, 6.45) is 0.839. The standard InChI is InChI=1S/C21H22N4O6/c1-22-19-12-15(24(28)29)7-10-17(19)23(21(22)27)18-4-3-11-25(30,20(18)26)13-14-5-8-16(31-2)9-6-14/h5-10,12,18H,3-4,11,13H2,1-2H3. The molecular formula is C21H22N4O6. The van der Waals surface area contributed by atoms with Gasteiger partial charge in [0.05, 0.1) is 29.6 Å². The Morgan fingerprint density at radius 3 is 2.52 bits per heavy atom. The van der Waals surface area contributed by atoms with Crippen molar-refractivity contribution in [3.05, 3.63) is 73.8 Å². The van der Waals surface area contributed by atoms with Gasteiger partial charge in [0.2, 0.25) is 0 Å². The molecule has 1 aliphatic rings. The van der Waals surface area contributed by atoms with Crippen LogP contribution in [0.25, 0.3) is 11.0 Å². The van der Waals surface area contributed by atoms with Crippen molar-refractivity contribution >= 4 is 22.6 Å². The van der Waals surface area contributed by atoms with E-state index in [1.54, 1.807) is 31.4 Å². The summed E-state index contributed by atoms with van der Waals surface area (Å²) in [5.41, 5.74) is 0.812. The number of likely N-dealkylation sites (tertiary alicyclic amines) is 1. The molecule has 2 aromatic carbocycles. The van der Waals surface area contributed by atoms with Gasteiger partial charge in [-0.15, -0.1) is 0 Å². The van der Waals surface area contributed by atoms with Gasteiger partial charge < -0.3 is 9.94 Å². The number of carbonyl (C=O) groups is 1. The molecule has 10 nitrogen and oxygen atoms in total. The maximum atomic E-state index is 13.5. The van der Waals surface area contributed by atoms with E-state index in [0.29, 0.717) is 35.2 Å². The molecule has 0 radical (unpaired) electrons. The Balaban J connectivity index is 1.72. The number of methoxy groups -OCH3 is 1.